The van der Waals surface area contributed by atoms with Crippen molar-refractivity contribution in [2.75, 3.05) is 7.11 Å². The van der Waals surface area contributed by atoms with E-state index in [1.54, 1.807) is 62.6 Å². The number of carbonyl (C=O) groups is 1. The van der Waals surface area contributed by atoms with Crippen LogP contribution in [0.15, 0.2) is 75.6 Å². The number of nitrogens with zero attached hydrogens (tertiary/aromatic N) is 1. The maximum atomic E-state index is 15.5. The summed E-state index contributed by atoms with van der Waals surface area (Å²) in [4.78, 5) is 16.7. The predicted molar refractivity (Wildman–Crippen MR) is 103 cm³/mol. The summed E-state index contributed by atoms with van der Waals surface area (Å²) < 4.78 is 20.6. The average Bonchev–Trinajstić information content (AvgIpc) is 2.97. The molecule has 2 aromatic carbocycles. The highest BCUT2D eigenvalue weighted by Crippen LogP contribution is 2.63. The second kappa shape index (κ2) is 7.46. The molecule has 1 amide bonds. The van der Waals surface area contributed by atoms with Crippen molar-refractivity contribution in [3.63, 3.8) is 0 Å². The Morgan fingerprint density at radius 1 is 1.15 bits per heavy atom. The molecule has 132 valence electrons. The summed E-state index contributed by atoms with van der Waals surface area (Å²) in [5.74, 6) is 3.06. The number of ether oxygens (including phenoxy) is 1. The number of amides is 1. The van der Waals surface area contributed by atoms with Crippen LogP contribution in [-0.4, -0.2) is 18.1 Å². The summed E-state index contributed by atoms with van der Waals surface area (Å²) in [6, 6.07) is 18.1. The van der Waals surface area contributed by atoms with E-state index in [9.17, 15) is 4.79 Å². The Balaban J connectivity index is 1.76. The summed E-state index contributed by atoms with van der Waals surface area (Å²) >= 11 is 0. The van der Waals surface area contributed by atoms with Crippen LogP contribution in [-0.2, 0) is 0 Å². The molecular weight excluding hydrogens is 351 g/mol. The van der Waals surface area contributed by atoms with Crippen molar-refractivity contribution in [2.45, 2.75) is 11.8 Å². The zero-order valence-electron chi connectivity index (χ0n) is 14.3. The van der Waals surface area contributed by atoms with Crippen molar-refractivity contribution in [3.8, 4) is 17.7 Å². The summed E-state index contributed by atoms with van der Waals surface area (Å²) in [6.07, 6.45) is 0. The van der Waals surface area contributed by atoms with E-state index in [-0.39, 0.29) is 5.91 Å². The van der Waals surface area contributed by atoms with E-state index in [2.05, 4.69) is 22.3 Å². The first-order chi connectivity index (χ1) is 12.5. The maximum absolute atomic E-state index is 15.5. The van der Waals surface area contributed by atoms with Gasteiger partial charge < -0.3 is 4.74 Å². The molecule has 0 aliphatic carbocycles. The van der Waals surface area contributed by atoms with Gasteiger partial charge in [0, 0.05) is 21.9 Å². The zero-order chi connectivity index (χ0) is 18.6. The van der Waals surface area contributed by atoms with Crippen LogP contribution in [0.5, 0.6) is 5.75 Å². The number of rotatable bonds is 3. The van der Waals surface area contributed by atoms with Crippen molar-refractivity contribution in [2.24, 2.45) is 4.99 Å². The van der Waals surface area contributed by atoms with Gasteiger partial charge in [-0.05, 0) is 59.7 Å². The molecule has 0 fully saturated rings. The minimum Gasteiger partial charge on any atom is -0.497 e. The smallest absolute Gasteiger partial charge is 0.262 e. The number of methoxy groups -OCH3 is 1. The fourth-order valence-electron chi connectivity index (χ4n) is 2.39. The molecule has 2 aromatic rings. The second-order valence-corrected chi connectivity index (χ2v) is 7.92. The Morgan fingerprint density at radius 3 is 2.50 bits per heavy atom. The third-order valence-electron chi connectivity index (χ3n) is 3.79. The van der Waals surface area contributed by atoms with Gasteiger partial charge in [-0.3, -0.25) is 10.1 Å². The third kappa shape index (κ3) is 3.63. The number of hydrogen-bond donors (Lipinski definition) is 1. The largest absolute Gasteiger partial charge is 0.497 e. The molecular formula is C20H17FN2O2S. The van der Waals surface area contributed by atoms with Gasteiger partial charge in [0.25, 0.3) is 5.91 Å². The van der Waals surface area contributed by atoms with Crippen molar-refractivity contribution in [1.29, 1.82) is 0 Å². The lowest BCUT2D eigenvalue weighted by Crippen LogP contribution is -2.17. The summed E-state index contributed by atoms with van der Waals surface area (Å²) in [5.41, 5.74) is 0.815. The van der Waals surface area contributed by atoms with Crippen molar-refractivity contribution < 1.29 is 13.4 Å². The molecule has 0 spiro atoms. The Hall–Kier alpha value is -3.04. The molecule has 3 rings (SSSR count). The van der Waals surface area contributed by atoms with Gasteiger partial charge >= 0.3 is 0 Å². The molecule has 1 N–H and O–H groups in total. The summed E-state index contributed by atoms with van der Waals surface area (Å²) in [5, 5.41) is 4.30. The van der Waals surface area contributed by atoms with Crippen LogP contribution in [0.3, 0.4) is 0 Å². The molecule has 0 bridgehead atoms. The minimum atomic E-state index is -2.82. The lowest BCUT2D eigenvalue weighted by molar-refractivity contribution is 0.0973. The highest BCUT2D eigenvalue weighted by atomic mass is 32.3. The van der Waals surface area contributed by atoms with Gasteiger partial charge in [0.2, 0.25) is 0 Å². The molecule has 0 saturated heterocycles. The molecule has 1 unspecified atom stereocenters. The topological polar surface area (TPSA) is 50.7 Å². The Morgan fingerprint density at radius 2 is 1.85 bits per heavy atom. The third-order valence-corrected chi connectivity index (χ3v) is 6.24. The van der Waals surface area contributed by atoms with Crippen LogP contribution in [0.4, 0.5) is 3.89 Å². The van der Waals surface area contributed by atoms with E-state index in [4.69, 9.17) is 4.74 Å². The number of allylic oxidation sites excluding steroid dienone is 1. The highest BCUT2D eigenvalue weighted by Gasteiger charge is 2.32. The number of halogens is 1. The summed E-state index contributed by atoms with van der Waals surface area (Å²) in [7, 11) is -1.26. The number of aliphatic imine (C=N–C) groups is 1. The molecule has 1 aliphatic rings. The van der Waals surface area contributed by atoms with Crippen LogP contribution < -0.4 is 10.1 Å². The highest BCUT2D eigenvalue weighted by molar-refractivity contribution is 8.44. The van der Waals surface area contributed by atoms with Crippen LogP contribution in [0, 0.1) is 12.0 Å². The first-order valence-electron chi connectivity index (χ1n) is 7.83. The average molecular weight is 368 g/mol. The number of carbonyl (C=O) groups excluding carboxylic acids is 1. The van der Waals surface area contributed by atoms with Gasteiger partial charge in [-0.15, -0.1) is 0 Å². The van der Waals surface area contributed by atoms with Crippen LogP contribution >= 0.6 is 10.4 Å². The molecule has 1 atom stereocenters. The molecule has 1 heterocycles. The van der Waals surface area contributed by atoms with Gasteiger partial charge in [-0.25, -0.2) is 4.99 Å². The molecule has 0 aromatic heterocycles. The maximum Gasteiger partial charge on any atom is 0.262 e. The molecule has 1 aliphatic heterocycles. The molecule has 0 radical (unpaired) electrons. The fourth-order valence-corrected chi connectivity index (χ4v) is 4.22. The normalized spacial score (nSPS) is 20.7. The molecule has 0 saturated carbocycles. The van der Waals surface area contributed by atoms with Crippen LogP contribution in [0.2, 0.25) is 0 Å². The van der Waals surface area contributed by atoms with Crippen molar-refractivity contribution in [1.82, 2.24) is 5.32 Å². The van der Waals surface area contributed by atoms with Crippen molar-refractivity contribution >= 4 is 21.4 Å². The van der Waals surface area contributed by atoms with Crippen molar-refractivity contribution in [3.05, 3.63) is 71.3 Å². The SMILES string of the molecule is COc1ccc(S2(F)C=C(C#CNC(=O)c3ccccc3)N=C2C)cc1. The standard InChI is InChI=1S/C20H17FN2O2S/c1-15-23-17(12-13-22-20(24)16-6-4-3-5-7-16)14-26(15,21)19-10-8-18(25-2)9-11-19/h3-11,14H,1-2H3,(H,22,24). The Kier molecular flexibility index (Phi) is 5.10. The lowest BCUT2D eigenvalue weighted by atomic mass is 10.2. The summed E-state index contributed by atoms with van der Waals surface area (Å²) in [6.45, 7) is 1.65. The first-order valence-corrected chi connectivity index (χ1v) is 9.43. The number of benzene rings is 2. The predicted octanol–water partition coefficient (Wildman–Crippen LogP) is 4.41. The van der Waals surface area contributed by atoms with Gasteiger partial charge in [0.1, 0.15) is 11.4 Å². The van der Waals surface area contributed by atoms with E-state index in [1.165, 1.54) is 5.41 Å². The van der Waals surface area contributed by atoms with Gasteiger partial charge in [0.05, 0.1) is 12.2 Å². The van der Waals surface area contributed by atoms with E-state index >= 15 is 3.89 Å². The molecule has 4 nitrogen and oxygen atoms in total. The van der Waals surface area contributed by atoms with Gasteiger partial charge in [-0.2, -0.15) is 3.89 Å². The van der Waals surface area contributed by atoms with E-state index < -0.39 is 10.4 Å². The first kappa shape index (κ1) is 17.8. The Labute approximate surface area is 153 Å². The Bertz CT molecular complexity index is 943. The zero-order valence-corrected chi connectivity index (χ0v) is 15.1. The quantitative estimate of drug-likeness (QED) is 0.645. The molecule has 6 heteroatoms. The lowest BCUT2D eigenvalue weighted by Gasteiger charge is -2.23. The van der Waals surface area contributed by atoms with Crippen LogP contribution in [0.25, 0.3) is 0 Å². The van der Waals surface area contributed by atoms with Crippen LogP contribution in [0.1, 0.15) is 17.3 Å². The van der Waals surface area contributed by atoms with E-state index in [0.717, 1.165) is 0 Å². The fraction of sp³-hybridized carbons (Fsp3) is 0.100. The number of nitrogens with one attached hydrogen (secondary N) is 1. The molecule has 26 heavy (non-hydrogen) atoms. The van der Waals surface area contributed by atoms with Gasteiger partial charge in [-0.1, -0.05) is 18.2 Å². The number of hydrogen-bond acceptors (Lipinski definition) is 3. The van der Waals surface area contributed by atoms with Gasteiger partial charge in [0.15, 0.2) is 0 Å². The monoisotopic (exact) mass is 368 g/mol. The minimum absolute atomic E-state index is 0.309. The second-order valence-electron chi connectivity index (χ2n) is 5.46. The van der Waals surface area contributed by atoms with E-state index in [1.807, 2.05) is 6.07 Å². The van der Waals surface area contributed by atoms with E-state index in [0.29, 0.717) is 26.9 Å².